The Morgan fingerprint density at radius 1 is 1.06 bits per heavy atom. The Balaban J connectivity index is 1.94. The number of carboxylic acid groups (broad SMARTS) is 1. The molecule has 1 N–H and O–H groups in total. The normalized spacial score (nSPS) is 23.2. The minimum Gasteiger partial charge on any atom is -0.481 e. The van der Waals surface area contributed by atoms with Gasteiger partial charge in [-0.2, -0.15) is 0 Å². The van der Waals surface area contributed by atoms with Crippen LogP contribution in [0.1, 0.15) is 42.9 Å². The van der Waals surface area contributed by atoms with Crippen LogP contribution in [0.5, 0.6) is 0 Å². The van der Waals surface area contributed by atoms with Crippen molar-refractivity contribution in [2.75, 3.05) is 4.90 Å². The molecule has 0 bridgehead atoms. The number of carboxylic acids is 1. The van der Waals surface area contributed by atoms with E-state index in [1.807, 2.05) is 30.3 Å². The minimum atomic E-state index is -1.15. The summed E-state index contributed by atoms with van der Waals surface area (Å²) in [5, 5.41) is 10.7. The van der Waals surface area contributed by atoms with E-state index >= 15 is 0 Å². The molecule has 32 heavy (non-hydrogen) atoms. The lowest BCUT2D eigenvalue weighted by atomic mass is 9.67. The molecule has 0 radical (unpaired) electrons. The van der Waals surface area contributed by atoms with E-state index in [0.29, 0.717) is 16.5 Å². The van der Waals surface area contributed by atoms with E-state index in [-0.39, 0.29) is 24.2 Å². The maximum atomic E-state index is 13.8. The predicted octanol–water partition coefficient (Wildman–Crippen LogP) is 5.53. The van der Waals surface area contributed by atoms with Crippen LogP contribution >= 0.6 is 23.2 Å². The van der Waals surface area contributed by atoms with Crippen LogP contribution in [0.3, 0.4) is 0 Å². The highest BCUT2D eigenvalue weighted by Crippen LogP contribution is 2.51. The van der Waals surface area contributed by atoms with Crippen molar-refractivity contribution in [1.29, 1.82) is 0 Å². The number of carbonyl (C=O) groups excluding carboxylic acids is 1. The number of hydrogen-bond acceptors (Lipinski definition) is 4. The van der Waals surface area contributed by atoms with Crippen molar-refractivity contribution in [3.05, 3.63) is 88.2 Å². The topological polar surface area (TPSA) is 83.4 Å². The first-order valence-corrected chi connectivity index (χ1v) is 10.9. The van der Waals surface area contributed by atoms with Gasteiger partial charge in [0.1, 0.15) is 0 Å². The Kier molecular flexibility index (Phi) is 6.17. The van der Waals surface area contributed by atoms with Crippen LogP contribution in [0.2, 0.25) is 10.0 Å². The summed E-state index contributed by atoms with van der Waals surface area (Å²) in [6.07, 6.45) is 3.15. The monoisotopic (exact) mass is 469 g/mol. The highest BCUT2D eigenvalue weighted by Gasteiger charge is 2.52. The summed E-state index contributed by atoms with van der Waals surface area (Å²) in [7, 11) is 0. The fourth-order valence-corrected chi connectivity index (χ4v) is 4.80. The maximum Gasteiger partial charge on any atom is 0.304 e. The molecule has 6 nitrogen and oxygen atoms in total. The summed E-state index contributed by atoms with van der Waals surface area (Å²) in [5.41, 5.74) is 0.598. The van der Waals surface area contributed by atoms with Gasteiger partial charge in [-0.3, -0.25) is 14.5 Å². The van der Waals surface area contributed by atoms with E-state index in [0.717, 1.165) is 11.1 Å². The van der Waals surface area contributed by atoms with Crippen LogP contribution in [0.25, 0.3) is 0 Å². The number of benzene rings is 2. The van der Waals surface area contributed by atoms with Gasteiger partial charge >= 0.3 is 5.97 Å². The van der Waals surface area contributed by atoms with E-state index in [2.05, 4.69) is 9.97 Å². The molecule has 0 spiro atoms. The lowest BCUT2D eigenvalue weighted by Crippen LogP contribution is -2.53. The van der Waals surface area contributed by atoms with Gasteiger partial charge in [0.25, 0.3) is 0 Å². The van der Waals surface area contributed by atoms with E-state index in [1.54, 1.807) is 43.6 Å². The van der Waals surface area contributed by atoms with Crippen LogP contribution in [0.15, 0.2) is 67.0 Å². The van der Waals surface area contributed by atoms with E-state index in [9.17, 15) is 14.7 Å². The van der Waals surface area contributed by atoms with Crippen LogP contribution in [-0.4, -0.2) is 27.0 Å². The average molecular weight is 470 g/mol. The first-order chi connectivity index (χ1) is 15.3. The predicted molar refractivity (Wildman–Crippen MR) is 123 cm³/mol. The first kappa shape index (κ1) is 22.2. The second-order valence-electron chi connectivity index (χ2n) is 8.22. The molecule has 0 aliphatic carbocycles. The molecule has 1 fully saturated rings. The molecule has 1 aromatic heterocycles. The molecule has 2 aromatic carbocycles. The Bertz CT molecular complexity index is 1140. The van der Waals surface area contributed by atoms with Gasteiger partial charge in [0.05, 0.1) is 17.9 Å². The number of anilines is 1. The summed E-state index contributed by atoms with van der Waals surface area (Å²) in [4.78, 5) is 35.7. The maximum absolute atomic E-state index is 13.8. The number of aromatic nitrogens is 2. The molecule has 4 rings (SSSR count). The average Bonchev–Trinajstić information content (AvgIpc) is 2.76. The van der Waals surface area contributed by atoms with E-state index < -0.39 is 17.4 Å². The molecule has 3 atom stereocenters. The fraction of sp³-hybridized carbons (Fsp3) is 0.250. The van der Waals surface area contributed by atoms with E-state index in [4.69, 9.17) is 23.2 Å². The van der Waals surface area contributed by atoms with Gasteiger partial charge in [0.2, 0.25) is 11.9 Å². The number of rotatable bonds is 5. The molecule has 1 aliphatic heterocycles. The number of nitrogens with zero attached hydrogens (tertiary/aromatic N) is 3. The van der Waals surface area contributed by atoms with Crippen molar-refractivity contribution in [3.63, 3.8) is 0 Å². The number of halogens is 2. The molecule has 8 heteroatoms. The molecular formula is C24H21Cl2N3O3. The molecule has 2 heterocycles. The van der Waals surface area contributed by atoms with E-state index in [1.165, 1.54) is 4.90 Å². The highest BCUT2D eigenvalue weighted by molar-refractivity contribution is 6.30. The zero-order chi connectivity index (χ0) is 22.9. The quantitative estimate of drug-likeness (QED) is 0.531. The number of piperidine rings is 1. The highest BCUT2D eigenvalue weighted by atomic mass is 35.5. The smallest absolute Gasteiger partial charge is 0.304 e. The zero-order valence-corrected chi connectivity index (χ0v) is 18.8. The third-order valence-electron chi connectivity index (χ3n) is 5.86. The van der Waals surface area contributed by atoms with Crippen molar-refractivity contribution in [2.24, 2.45) is 5.41 Å². The Hall–Kier alpha value is -2.96. The molecular weight excluding hydrogens is 449 g/mol. The van der Waals surface area contributed by atoms with Gasteiger partial charge in [0.15, 0.2) is 0 Å². The first-order valence-electron chi connectivity index (χ1n) is 10.1. The summed E-state index contributed by atoms with van der Waals surface area (Å²) in [6, 6.07) is 15.9. The lowest BCUT2D eigenvalue weighted by molar-refractivity contribution is -0.145. The summed E-state index contributed by atoms with van der Waals surface area (Å²) in [5.74, 6) is -1.39. The molecule has 1 saturated heterocycles. The number of carbonyl (C=O) groups is 2. The molecule has 2 unspecified atom stereocenters. The van der Waals surface area contributed by atoms with Gasteiger partial charge in [-0.15, -0.1) is 0 Å². The summed E-state index contributed by atoms with van der Waals surface area (Å²) in [6.45, 7) is 1.69. The lowest BCUT2D eigenvalue weighted by Gasteiger charge is -2.47. The fourth-order valence-electron chi connectivity index (χ4n) is 4.47. The molecule has 164 valence electrons. The zero-order valence-electron chi connectivity index (χ0n) is 17.3. The summed E-state index contributed by atoms with van der Waals surface area (Å²) < 4.78 is 0. The van der Waals surface area contributed by atoms with Gasteiger partial charge in [-0.1, -0.05) is 54.4 Å². The van der Waals surface area contributed by atoms with Crippen molar-refractivity contribution in [3.8, 4) is 0 Å². The van der Waals surface area contributed by atoms with Crippen molar-refractivity contribution >= 4 is 41.0 Å². The van der Waals surface area contributed by atoms with Crippen molar-refractivity contribution in [1.82, 2.24) is 9.97 Å². The third kappa shape index (κ3) is 4.33. The van der Waals surface area contributed by atoms with Crippen LogP contribution < -0.4 is 4.90 Å². The number of aliphatic carboxylic acids is 1. The van der Waals surface area contributed by atoms with Crippen LogP contribution in [0.4, 0.5) is 5.95 Å². The van der Waals surface area contributed by atoms with Gasteiger partial charge in [-0.05, 0) is 47.9 Å². The van der Waals surface area contributed by atoms with Gasteiger partial charge in [-0.25, -0.2) is 9.97 Å². The van der Waals surface area contributed by atoms with Crippen molar-refractivity contribution in [2.45, 2.75) is 31.7 Å². The van der Waals surface area contributed by atoms with Crippen LogP contribution in [0, 0.1) is 5.41 Å². The van der Waals surface area contributed by atoms with Crippen molar-refractivity contribution < 1.29 is 14.7 Å². The molecule has 3 aromatic rings. The molecule has 1 aliphatic rings. The molecule has 1 amide bonds. The largest absolute Gasteiger partial charge is 0.481 e. The summed E-state index contributed by atoms with van der Waals surface area (Å²) >= 11 is 12.4. The molecule has 0 saturated carbocycles. The minimum absolute atomic E-state index is 0.223. The third-order valence-corrected chi connectivity index (χ3v) is 6.35. The van der Waals surface area contributed by atoms with Gasteiger partial charge in [0, 0.05) is 28.4 Å². The second-order valence-corrected chi connectivity index (χ2v) is 9.09. The second kappa shape index (κ2) is 8.88. The Labute approximate surface area is 195 Å². The van der Waals surface area contributed by atoms with Gasteiger partial charge < -0.3 is 5.11 Å². The van der Waals surface area contributed by atoms with Crippen LogP contribution in [-0.2, 0) is 9.59 Å². The SMILES string of the molecule is C[C@]1(CC(=O)O)CC(c2cccc(Cl)c2)C(c2ccc(Cl)cc2)N(c2ncccn2)C1=O. The Morgan fingerprint density at radius 2 is 1.75 bits per heavy atom. The number of hydrogen-bond donors (Lipinski definition) is 1. The standard InChI is InChI=1S/C24H21Cl2N3O3/c1-24(14-20(30)31)13-19(16-4-2-5-18(26)12-16)21(15-6-8-17(25)9-7-15)29(22(24)32)23-27-10-3-11-28-23/h2-12,19,21H,13-14H2,1H3,(H,30,31)/t19?,21?,24-/m1/s1. The number of amides is 1. The Morgan fingerprint density at radius 3 is 2.38 bits per heavy atom.